The summed E-state index contributed by atoms with van der Waals surface area (Å²) in [6.07, 6.45) is 4.93. The first-order valence-corrected chi connectivity index (χ1v) is 8.49. The number of anilines is 1. The van der Waals surface area contributed by atoms with Crippen LogP contribution in [0.3, 0.4) is 0 Å². The van der Waals surface area contributed by atoms with Gasteiger partial charge in [-0.2, -0.15) is 0 Å². The minimum Gasteiger partial charge on any atom is -0.443 e. The fourth-order valence-corrected chi connectivity index (χ4v) is 3.09. The molecule has 2 rings (SSSR count). The second-order valence-corrected chi connectivity index (χ2v) is 7.10. The number of ether oxygens (including phenoxy) is 1. The zero-order valence-electron chi connectivity index (χ0n) is 15.0. The number of piperidine rings is 1. The number of hydrogen-bond donors (Lipinski definition) is 0. The maximum Gasteiger partial charge on any atom is 0.415 e. The summed E-state index contributed by atoms with van der Waals surface area (Å²) in [5, 5.41) is 0. The normalized spacial score (nSPS) is 19.4. The maximum absolute atomic E-state index is 12.4. The number of carbonyl (C=O) groups excluding carboxylic acids is 1. The van der Waals surface area contributed by atoms with Crippen LogP contribution in [-0.2, 0) is 4.74 Å². The van der Waals surface area contributed by atoms with Crippen molar-refractivity contribution in [1.82, 2.24) is 9.88 Å². The van der Waals surface area contributed by atoms with E-state index in [0.29, 0.717) is 11.9 Å². The van der Waals surface area contributed by atoms with Crippen LogP contribution in [0.5, 0.6) is 0 Å². The molecule has 1 aliphatic heterocycles. The predicted octanol–water partition coefficient (Wildman–Crippen LogP) is 4.00. The molecule has 0 aromatic carbocycles. The molecule has 1 fully saturated rings. The summed E-state index contributed by atoms with van der Waals surface area (Å²) in [7, 11) is 1.74. The van der Waals surface area contributed by atoms with E-state index in [1.807, 2.05) is 26.8 Å². The van der Waals surface area contributed by atoms with Crippen LogP contribution in [0, 0.1) is 0 Å². The van der Waals surface area contributed by atoms with Crippen LogP contribution >= 0.6 is 0 Å². The summed E-state index contributed by atoms with van der Waals surface area (Å²) >= 11 is 0. The second-order valence-electron chi connectivity index (χ2n) is 7.10. The third-order valence-electron chi connectivity index (χ3n) is 4.18. The van der Waals surface area contributed by atoms with Crippen LogP contribution in [0.25, 0.3) is 0 Å². The molecule has 0 saturated carbocycles. The van der Waals surface area contributed by atoms with Gasteiger partial charge in [0, 0.05) is 24.8 Å². The van der Waals surface area contributed by atoms with Gasteiger partial charge in [0.25, 0.3) is 0 Å². The van der Waals surface area contributed by atoms with E-state index in [2.05, 4.69) is 22.9 Å². The van der Waals surface area contributed by atoms with E-state index in [1.54, 1.807) is 13.2 Å². The Bertz CT molecular complexity index is 539. The molecule has 1 aromatic rings. The summed E-state index contributed by atoms with van der Waals surface area (Å²) in [6, 6.07) is 4.36. The molecule has 23 heavy (non-hydrogen) atoms. The molecule has 0 spiro atoms. The molecule has 1 aromatic heterocycles. The zero-order chi connectivity index (χ0) is 17.0. The van der Waals surface area contributed by atoms with Gasteiger partial charge in [0.1, 0.15) is 11.4 Å². The van der Waals surface area contributed by atoms with E-state index in [1.165, 1.54) is 17.7 Å². The van der Waals surface area contributed by atoms with E-state index >= 15 is 0 Å². The van der Waals surface area contributed by atoms with Gasteiger partial charge in [-0.3, -0.25) is 9.80 Å². The van der Waals surface area contributed by atoms with Crippen molar-refractivity contribution >= 4 is 11.9 Å². The Kier molecular flexibility index (Phi) is 5.63. The lowest BCUT2D eigenvalue weighted by Crippen LogP contribution is -2.37. The van der Waals surface area contributed by atoms with Crippen molar-refractivity contribution in [3.63, 3.8) is 0 Å². The summed E-state index contributed by atoms with van der Waals surface area (Å²) in [4.78, 5) is 20.9. The van der Waals surface area contributed by atoms with Crippen molar-refractivity contribution < 1.29 is 9.53 Å². The molecule has 1 saturated heterocycles. The van der Waals surface area contributed by atoms with Crippen LogP contribution in [0.15, 0.2) is 18.3 Å². The van der Waals surface area contributed by atoms with E-state index in [-0.39, 0.29) is 6.09 Å². The molecule has 1 amide bonds. The lowest BCUT2D eigenvalue weighted by atomic mass is 9.95. The second kappa shape index (κ2) is 7.30. The molecule has 5 heteroatoms. The van der Waals surface area contributed by atoms with E-state index < -0.39 is 5.60 Å². The predicted molar refractivity (Wildman–Crippen MR) is 92.7 cm³/mol. The fraction of sp³-hybridized carbons (Fsp3) is 0.667. The first kappa shape index (κ1) is 17.7. The number of nitrogens with zero attached hydrogens (tertiary/aromatic N) is 3. The van der Waals surface area contributed by atoms with Crippen molar-refractivity contribution in [3.8, 4) is 0 Å². The number of amides is 1. The molecule has 1 aliphatic rings. The minimum atomic E-state index is -0.513. The monoisotopic (exact) mass is 319 g/mol. The van der Waals surface area contributed by atoms with Crippen molar-refractivity contribution in [2.75, 3.05) is 25.0 Å². The molecule has 128 valence electrons. The van der Waals surface area contributed by atoms with E-state index in [9.17, 15) is 4.79 Å². The third kappa shape index (κ3) is 4.44. The molecule has 5 nitrogen and oxygen atoms in total. The number of rotatable bonds is 3. The van der Waals surface area contributed by atoms with Gasteiger partial charge < -0.3 is 4.74 Å². The molecule has 2 heterocycles. The Hall–Kier alpha value is -1.62. The van der Waals surface area contributed by atoms with Gasteiger partial charge in [-0.25, -0.2) is 9.78 Å². The van der Waals surface area contributed by atoms with Crippen molar-refractivity contribution in [2.45, 2.75) is 58.6 Å². The van der Waals surface area contributed by atoms with Gasteiger partial charge >= 0.3 is 6.09 Å². The quantitative estimate of drug-likeness (QED) is 0.845. The Morgan fingerprint density at radius 1 is 1.43 bits per heavy atom. The van der Waals surface area contributed by atoms with Gasteiger partial charge in [0.05, 0.1) is 0 Å². The summed E-state index contributed by atoms with van der Waals surface area (Å²) in [6.45, 7) is 9.92. The Morgan fingerprint density at radius 3 is 2.83 bits per heavy atom. The highest BCUT2D eigenvalue weighted by Crippen LogP contribution is 2.35. The lowest BCUT2D eigenvalue weighted by molar-refractivity contribution is 0.0587. The van der Waals surface area contributed by atoms with Crippen molar-refractivity contribution in [3.05, 3.63) is 23.9 Å². The van der Waals surface area contributed by atoms with Crippen molar-refractivity contribution in [2.24, 2.45) is 0 Å². The molecule has 0 aliphatic carbocycles. The van der Waals surface area contributed by atoms with E-state index in [4.69, 9.17) is 4.74 Å². The van der Waals surface area contributed by atoms with Crippen LogP contribution in [0.4, 0.5) is 10.6 Å². The van der Waals surface area contributed by atoms with Crippen LogP contribution in [0.1, 0.15) is 58.6 Å². The number of hydrogen-bond acceptors (Lipinski definition) is 4. The SMILES string of the molecule is CCN1CCCCC1c1cccnc1N(C)C(=O)OC(C)(C)C. The molecule has 0 N–H and O–H groups in total. The highest BCUT2D eigenvalue weighted by Gasteiger charge is 2.29. The van der Waals surface area contributed by atoms with Crippen LogP contribution in [-0.4, -0.2) is 41.7 Å². The largest absolute Gasteiger partial charge is 0.443 e. The average Bonchev–Trinajstić information content (AvgIpc) is 2.52. The number of aromatic nitrogens is 1. The molecule has 0 radical (unpaired) electrons. The molecule has 1 unspecified atom stereocenters. The Morgan fingerprint density at radius 2 is 2.17 bits per heavy atom. The van der Waals surface area contributed by atoms with Gasteiger partial charge in [0.2, 0.25) is 0 Å². The fourth-order valence-electron chi connectivity index (χ4n) is 3.09. The van der Waals surface area contributed by atoms with Gasteiger partial charge in [-0.15, -0.1) is 0 Å². The number of carbonyl (C=O) groups is 1. The standard InChI is InChI=1S/C18H29N3O2/c1-6-21-13-8-7-11-15(21)14-10-9-12-19-16(14)20(5)17(22)23-18(2,3)4/h9-10,12,15H,6-8,11,13H2,1-5H3. The van der Waals surface area contributed by atoms with Crippen molar-refractivity contribution in [1.29, 1.82) is 0 Å². The first-order chi connectivity index (χ1) is 10.8. The summed E-state index contributed by atoms with van der Waals surface area (Å²) in [5.74, 6) is 0.701. The minimum absolute atomic E-state index is 0.322. The highest BCUT2D eigenvalue weighted by atomic mass is 16.6. The van der Waals surface area contributed by atoms with Gasteiger partial charge in [-0.1, -0.05) is 19.4 Å². The van der Waals surface area contributed by atoms with Crippen LogP contribution in [0.2, 0.25) is 0 Å². The Balaban J connectivity index is 2.28. The molecule has 0 bridgehead atoms. The molecular weight excluding hydrogens is 290 g/mol. The summed E-state index contributed by atoms with van der Waals surface area (Å²) < 4.78 is 5.48. The van der Waals surface area contributed by atoms with Gasteiger partial charge in [0.15, 0.2) is 0 Å². The maximum atomic E-state index is 12.4. The number of likely N-dealkylation sites (tertiary alicyclic amines) is 1. The smallest absolute Gasteiger partial charge is 0.415 e. The summed E-state index contributed by atoms with van der Waals surface area (Å²) in [5.41, 5.74) is 0.600. The number of pyridine rings is 1. The zero-order valence-corrected chi connectivity index (χ0v) is 15.0. The highest BCUT2D eigenvalue weighted by molar-refractivity contribution is 5.87. The third-order valence-corrected chi connectivity index (χ3v) is 4.18. The molecular formula is C18H29N3O2. The average molecular weight is 319 g/mol. The Labute approximate surface area is 139 Å². The first-order valence-electron chi connectivity index (χ1n) is 8.49. The lowest BCUT2D eigenvalue weighted by Gasteiger charge is -2.36. The molecule has 1 atom stereocenters. The topological polar surface area (TPSA) is 45.7 Å². The van der Waals surface area contributed by atoms with E-state index in [0.717, 1.165) is 25.1 Å². The van der Waals surface area contributed by atoms with Crippen LogP contribution < -0.4 is 4.90 Å². The van der Waals surface area contributed by atoms with Gasteiger partial charge in [-0.05, 0) is 52.8 Å².